The quantitative estimate of drug-likeness (QED) is 0.313. The largest absolute Gasteiger partial charge is 0.497 e. The van der Waals surface area contributed by atoms with Crippen LogP contribution in [-0.4, -0.2) is 48.9 Å². The number of halogens is 1. The molecule has 4 N–H and O–H groups in total. The number of ketones is 1. The average Bonchev–Trinajstić information content (AvgIpc) is 2.85. The molecule has 10 heteroatoms. The SMILES string of the molecule is COc1ccc(CNC(=O)[C@H](CCC(=O)C=N)NC(=O)[C@H](Cc2ccc(F)cc2C)NC(C)=O)cc1. The van der Waals surface area contributed by atoms with Crippen LogP contribution in [0.25, 0.3) is 0 Å². The molecule has 2 atom stereocenters. The van der Waals surface area contributed by atoms with E-state index in [1.807, 2.05) is 0 Å². The number of hydrogen-bond acceptors (Lipinski definition) is 6. The Labute approximate surface area is 209 Å². The number of carbonyl (C=O) groups is 4. The zero-order valence-corrected chi connectivity index (χ0v) is 20.5. The van der Waals surface area contributed by atoms with Gasteiger partial charge in [0, 0.05) is 26.3 Å². The molecule has 0 spiro atoms. The second kappa shape index (κ2) is 13.7. The Hall–Kier alpha value is -4.08. The van der Waals surface area contributed by atoms with Gasteiger partial charge >= 0.3 is 0 Å². The van der Waals surface area contributed by atoms with E-state index in [4.69, 9.17) is 10.1 Å². The fourth-order valence-corrected chi connectivity index (χ4v) is 3.52. The van der Waals surface area contributed by atoms with Gasteiger partial charge in [-0.2, -0.15) is 0 Å². The zero-order chi connectivity index (χ0) is 26.7. The van der Waals surface area contributed by atoms with Gasteiger partial charge in [-0.25, -0.2) is 4.39 Å². The van der Waals surface area contributed by atoms with Crippen molar-refractivity contribution in [1.29, 1.82) is 5.41 Å². The van der Waals surface area contributed by atoms with Gasteiger partial charge in [0.25, 0.3) is 0 Å². The Morgan fingerprint density at radius 2 is 1.72 bits per heavy atom. The van der Waals surface area contributed by atoms with Gasteiger partial charge in [0.1, 0.15) is 23.7 Å². The fraction of sp³-hybridized carbons (Fsp3) is 0.346. The van der Waals surface area contributed by atoms with Crippen molar-refractivity contribution in [2.75, 3.05) is 7.11 Å². The van der Waals surface area contributed by atoms with Gasteiger partial charge in [-0.15, -0.1) is 0 Å². The third-order valence-electron chi connectivity index (χ3n) is 5.52. The van der Waals surface area contributed by atoms with Gasteiger partial charge in [0.15, 0.2) is 5.78 Å². The lowest BCUT2D eigenvalue weighted by Gasteiger charge is -2.23. The van der Waals surface area contributed by atoms with Gasteiger partial charge in [0.2, 0.25) is 17.7 Å². The van der Waals surface area contributed by atoms with Crippen molar-refractivity contribution >= 4 is 29.7 Å². The molecule has 3 amide bonds. The van der Waals surface area contributed by atoms with E-state index in [9.17, 15) is 23.6 Å². The Kier molecular flexibility index (Phi) is 10.7. The first-order valence-electron chi connectivity index (χ1n) is 11.4. The van der Waals surface area contributed by atoms with E-state index in [1.165, 1.54) is 25.1 Å². The summed E-state index contributed by atoms with van der Waals surface area (Å²) in [4.78, 5) is 49.5. The molecule has 9 nitrogen and oxygen atoms in total. The molecular weight excluding hydrogens is 467 g/mol. The number of amides is 3. The van der Waals surface area contributed by atoms with Gasteiger partial charge in [0.05, 0.1) is 13.3 Å². The molecule has 0 aromatic heterocycles. The van der Waals surface area contributed by atoms with Crippen LogP contribution in [0.1, 0.15) is 36.5 Å². The normalized spacial score (nSPS) is 12.1. The maximum atomic E-state index is 13.5. The minimum atomic E-state index is -1.08. The van der Waals surface area contributed by atoms with E-state index in [0.717, 1.165) is 5.56 Å². The lowest BCUT2D eigenvalue weighted by Crippen LogP contribution is -2.54. The van der Waals surface area contributed by atoms with Crippen molar-refractivity contribution in [2.24, 2.45) is 0 Å². The van der Waals surface area contributed by atoms with Crippen molar-refractivity contribution in [3.8, 4) is 5.75 Å². The highest BCUT2D eigenvalue weighted by Gasteiger charge is 2.27. The molecule has 0 bridgehead atoms. The first kappa shape index (κ1) is 28.2. The molecule has 0 saturated carbocycles. The molecule has 0 unspecified atom stereocenters. The van der Waals surface area contributed by atoms with Gasteiger partial charge in [-0.1, -0.05) is 18.2 Å². The summed E-state index contributed by atoms with van der Waals surface area (Å²) < 4.78 is 18.6. The highest BCUT2D eigenvalue weighted by Crippen LogP contribution is 2.14. The summed E-state index contributed by atoms with van der Waals surface area (Å²) in [5, 5.41) is 15.0. The summed E-state index contributed by atoms with van der Waals surface area (Å²) in [5.41, 5.74) is 2.07. The summed E-state index contributed by atoms with van der Waals surface area (Å²) in [7, 11) is 1.55. The Bertz CT molecular complexity index is 1100. The number of ether oxygens (including phenoxy) is 1. The van der Waals surface area contributed by atoms with Crippen molar-refractivity contribution in [2.45, 2.75) is 51.7 Å². The monoisotopic (exact) mass is 498 g/mol. The van der Waals surface area contributed by atoms with E-state index >= 15 is 0 Å². The molecule has 2 aromatic rings. The standard InChI is InChI=1S/C26H31FN4O5/c1-16-12-20(27)7-6-19(16)13-24(30-17(2)32)26(35)31-23(11-8-21(33)14-28)25(34)29-15-18-4-9-22(36-3)10-5-18/h4-7,9-10,12,14,23-24,28H,8,11,13,15H2,1-3H3,(H,29,34)(H,30,32)(H,31,35)/t23-,24-/m0/s1. The van der Waals surface area contributed by atoms with Gasteiger partial charge in [-0.05, 0) is 54.3 Å². The Morgan fingerprint density at radius 3 is 2.31 bits per heavy atom. The zero-order valence-electron chi connectivity index (χ0n) is 20.5. The van der Waals surface area contributed by atoms with E-state index < -0.39 is 41.4 Å². The summed E-state index contributed by atoms with van der Waals surface area (Å²) >= 11 is 0. The third-order valence-corrected chi connectivity index (χ3v) is 5.52. The number of benzene rings is 2. The van der Waals surface area contributed by atoms with Crippen LogP contribution >= 0.6 is 0 Å². The van der Waals surface area contributed by atoms with Crippen molar-refractivity contribution in [3.05, 3.63) is 65.0 Å². The Morgan fingerprint density at radius 1 is 1.03 bits per heavy atom. The van der Waals surface area contributed by atoms with Crippen LogP contribution < -0.4 is 20.7 Å². The van der Waals surface area contributed by atoms with Crippen molar-refractivity contribution in [3.63, 3.8) is 0 Å². The van der Waals surface area contributed by atoms with E-state index in [2.05, 4.69) is 16.0 Å². The van der Waals surface area contributed by atoms with Crippen molar-refractivity contribution < 1.29 is 28.3 Å². The van der Waals surface area contributed by atoms with E-state index in [-0.39, 0.29) is 25.8 Å². The first-order chi connectivity index (χ1) is 17.1. The maximum Gasteiger partial charge on any atom is 0.243 e. The second-order valence-electron chi connectivity index (χ2n) is 8.30. The number of Topliss-reactive ketones (excluding diaryl/α,β-unsaturated/α-hetero) is 1. The molecule has 2 aromatic carbocycles. The lowest BCUT2D eigenvalue weighted by molar-refractivity contribution is -0.132. The summed E-state index contributed by atoms with van der Waals surface area (Å²) in [6.45, 7) is 3.14. The molecule has 0 radical (unpaired) electrons. The minimum Gasteiger partial charge on any atom is -0.497 e. The second-order valence-corrected chi connectivity index (χ2v) is 8.30. The molecule has 0 heterocycles. The number of rotatable bonds is 13. The van der Waals surface area contributed by atoms with Crippen LogP contribution in [0.15, 0.2) is 42.5 Å². The molecule has 0 saturated heterocycles. The molecule has 2 rings (SSSR count). The molecule has 36 heavy (non-hydrogen) atoms. The van der Waals surface area contributed by atoms with Crippen LogP contribution in [0.5, 0.6) is 5.75 Å². The highest BCUT2D eigenvalue weighted by atomic mass is 19.1. The molecule has 0 fully saturated rings. The number of methoxy groups -OCH3 is 1. The van der Waals surface area contributed by atoms with Gasteiger partial charge in [-0.3, -0.25) is 19.2 Å². The van der Waals surface area contributed by atoms with Gasteiger partial charge < -0.3 is 26.1 Å². The third kappa shape index (κ3) is 8.94. The van der Waals surface area contributed by atoms with Crippen LogP contribution in [0.3, 0.4) is 0 Å². The lowest BCUT2D eigenvalue weighted by atomic mass is 9.99. The van der Waals surface area contributed by atoms with Crippen molar-refractivity contribution in [1.82, 2.24) is 16.0 Å². The number of nitrogens with one attached hydrogen (secondary N) is 4. The minimum absolute atomic E-state index is 0.0310. The van der Waals surface area contributed by atoms with Crippen LogP contribution in [0.2, 0.25) is 0 Å². The predicted molar refractivity (Wildman–Crippen MR) is 132 cm³/mol. The number of aryl methyl sites for hydroxylation is 1. The fourth-order valence-electron chi connectivity index (χ4n) is 3.52. The number of hydrogen-bond donors (Lipinski definition) is 4. The molecule has 0 aliphatic rings. The number of carbonyl (C=O) groups excluding carboxylic acids is 4. The Balaban J connectivity index is 2.15. The topological polar surface area (TPSA) is 137 Å². The molecular formula is C26H31FN4O5. The average molecular weight is 499 g/mol. The predicted octanol–water partition coefficient (Wildman–Crippen LogP) is 1.99. The van der Waals surface area contributed by atoms with Crippen LogP contribution in [-0.2, 0) is 32.1 Å². The smallest absolute Gasteiger partial charge is 0.243 e. The maximum absolute atomic E-state index is 13.5. The molecule has 0 aliphatic carbocycles. The summed E-state index contributed by atoms with van der Waals surface area (Å²) in [5.74, 6) is -1.83. The molecule has 192 valence electrons. The van der Waals surface area contributed by atoms with E-state index in [0.29, 0.717) is 23.1 Å². The van der Waals surface area contributed by atoms with Crippen LogP contribution in [0.4, 0.5) is 4.39 Å². The summed E-state index contributed by atoms with van der Waals surface area (Å²) in [6.07, 6.45) is 0.589. The highest BCUT2D eigenvalue weighted by molar-refractivity contribution is 6.26. The molecule has 0 aliphatic heterocycles. The van der Waals surface area contributed by atoms with Crippen LogP contribution in [0, 0.1) is 18.2 Å². The van der Waals surface area contributed by atoms with E-state index in [1.54, 1.807) is 38.3 Å². The summed E-state index contributed by atoms with van der Waals surface area (Å²) in [6, 6.07) is 9.09. The first-order valence-corrected chi connectivity index (χ1v) is 11.4.